The fourth-order valence-corrected chi connectivity index (χ4v) is 3.85. The third-order valence-corrected chi connectivity index (χ3v) is 5.62. The van der Waals surface area contributed by atoms with Gasteiger partial charge in [-0.05, 0) is 37.0 Å². The Labute approximate surface area is 159 Å². The maximum absolute atomic E-state index is 13.7. The second-order valence-electron chi connectivity index (χ2n) is 7.88. The van der Waals surface area contributed by atoms with Gasteiger partial charge in [-0.1, -0.05) is 13.0 Å². The van der Waals surface area contributed by atoms with E-state index in [9.17, 15) is 18.7 Å². The molecule has 4 nitrogen and oxygen atoms in total. The number of aryl methyl sites for hydroxylation is 1. The van der Waals surface area contributed by atoms with Crippen LogP contribution in [0.4, 0.5) is 8.78 Å². The van der Waals surface area contributed by atoms with Crippen LogP contribution < -0.4 is 0 Å². The number of hydrogen-bond donors (Lipinski definition) is 1. The third-order valence-electron chi connectivity index (χ3n) is 5.62. The summed E-state index contributed by atoms with van der Waals surface area (Å²) >= 11 is 0. The van der Waals surface area contributed by atoms with Crippen LogP contribution >= 0.6 is 0 Å². The summed E-state index contributed by atoms with van der Waals surface area (Å²) < 4.78 is 27.4. The number of rotatable bonds is 5. The lowest BCUT2D eigenvalue weighted by molar-refractivity contribution is -0.100. The van der Waals surface area contributed by atoms with Crippen LogP contribution in [0.1, 0.15) is 47.7 Å². The minimum atomic E-state index is -2.61. The standard InChI is InChI=1S/C21H28F2N2O2/c1-15-11-17(14-25-10-6-21(22,23)16(2)13-25)12-18(20(15)27)19(26)5-9-24-7-3-4-8-24/h5,9,11-12,16,27H,3-4,6-8,10,13-14H2,1-2H3. The van der Waals surface area contributed by atoms with Crippen molar-refractivity contribution in [2.24, 2.45) is 5.92 Å². The van der Waals surface area contributed by atoms with Gasteiger partial charge in [0, 0.05) is 57.3 Å². The van der Waals surface area contributed by atoms with Gasteiger partial charge in [-0.2, -0.15) is 0 Å². The molecule has 1 N–H and O–H groups in total. The van der Waals surface area contributed by atoms with Gasteiger partial charge in [0.15, 0.2) is 5.78 Å². The summed E-state index contributed by atoms with van der Waals surface area (Å²) in [6, 6.07) is 3.52. The lowest BCUT2D eigenvalue weighted by Gasteiger charge is -2.36. The monoisotopic (exact) mass is 378 g/mol. The topological polar surface area (TPSA) is 43.8 Å². The molecule has 0 radical (unpaired) electrons. The molecule has 3 rings (SSSR count). The van der Waals surface area contributed by atoms with Crippen LogP contribution in [0, 0.1) is 12.8 Å². The Morgan fingerprint density at radius 1 is 1.30 bits per heavy atom. The average Bonchev–Trinajstić information content (AvgIpc) is 3.13. The summed E-state index contributed by atoms with van der Waals surface area (Å²) in [4.78, 5) is 16.7. The molecular formula is C21H28F2N2O2. The molecule has 0 aromatic heterocycles. The molecule has 6 heteroatoms. The maximum atomic E-state index is 13.7. The summed E-state index contributed by atoms with van der Waals surface area (Å²) in [5.74, 6) is -3.53. The van der Waals surface area contributed by atoms with Gasteiger partial charge in [0.05, 0.1) is 5.56 Å². The zero-order valence-electron chi connectivity index (χ0n) is 16.0. The second-order valence-corrected chi connectivity index (χ2v) is 7.88. The van der Waals surface area contributed by atoms with Crippen molar-refractivity contribution in [3.8, 4) is 5.75 Å². The number of alkyl halides is 2. The molecule has 0 aliphatic carbocycles. The second kappa shape index (κ2) is 7.97. The number of carbonyl (C=O) groups is 1. The Morgan fingerprint density at radius 2 is 2.00 bits per heavy atom. The zero-order chi connectivity index (χ0) is 19.6. The molecule has 0 saturated carbocycles. The molecule has 0 bridgehead atoms. The summed E-state index contributed by atoms with van der Waals surface area (Å²) in [5, 5.41) is 10.3. The quantitative estimate of drug-likeness (QED) is 0.622. The third kappa shape index (κ3) is 4.67. The minimum Gasteiger partial charge on any atom is -0.507 e. The Hall–Kier alpha value is -1.95. The van der Waals surface area contributed by atoms with Gasteiger partial charge in [0.1, 0.15) is 5.75 Å². The summed E-state index contributed by atoms with van der Waals surface area (Å²) in [6.45, 7) is 6.39. The number of carbonyl (C=O) groups excluding carboxylic acids is 1. The Kier molecular flexibility index (Phi) is 5.84. The van der Waals surface area contributed by atoms with Gasteiger partial charge < -0.3 is 10.0 Å². The van der Waals surface area contributed by atoms with Gasteiger partial charge in [-0.25, -0.2) is 8.78 Å². The van der Waals surface area contributed by atoms with Gasteiger partial charge in [0.2, 0.25) is 0 Å². The van der Waals surface area contributed by atoms with Crippen molar-refractivity contribution in [2.45, 2.75) is 45.6 Å². The summed E-state index contributed by atoms with van der Waals surface area (Å²) in [6.07, 6.45) is 5.42. The van der Waals surface area contributed by atoms with Crippen molar-refractivity contribution in [1.82, 2.24) is 9.80 Å². The van der Waals surface area contributed by atoms with E-state index in [1.54, 1.807) is 26.1 Å². The van der Waals surface area contributed by atoms with Crippen LogP contribution in [0.25, 0.3) is 0 Å². The van der Waals surface area contributed by atoms with Gasteiger partial charge in [-0.3, -0.25) is 9.69 Å². The first kappa shape index (κ1) is 19.8. The molecule has 1 atom stereocenters. The first-order valence-corrected chi connectivity index (χ1v) is 9.65. The van der Waals surface area contributed by atoms with Crippen LogP contribution in [0.3, 0.4) is 0 Å². The highest BCUT2D eigenvalue weighted by Crippen LogP contribution is 2.34. The number of phenols is 1. The zero-order valence-corrected chi connectivity index (χ0v) is 16.0. The highest BCUT2D eigenvalue weighted by molar-refractivity contribution is 6.06. The Bertz CT molecular complexity index is 727. The number of nitrogens with zero attached hydrogens (tertiary/aromatic N) is 2. The number of ketones is 1. The number of phenolic OH excluding ortho intramolecular Hbond substituents is 1. The van der Waals surface area contributed by atoms with E-state index in [1.165, 1.54) is 6.08 Å². The highest BCUT2D eigenvalue weighted by Gasteiger charge is 2.40. The molecule has 2 aliphatic heterocycles. The van der Waals surface area contributed by atoms with Crippen molar-refractivity contribution >= 4 is 5.78 Å². The lowest BCUT2D eigenvalue weighted by Crippen LogP contribution is -2.45. The fourth-order valence-electron chi connectivity index (χ4n) is 3.85. The smallest absolute Gasteiger partial charge is 0.253 e. The van der Waals surface area contributed by atoms with Crippen LogP contribution in [0.5, 0.6) is 5.75 Å². The SMILES string of the molecule is Cc1cc(CN2CCC(F)(F)C(C)C2)cc(C(=O)C=CN2CCCC2)c1O. The molecule has 2 fully saturated rings. The lowest BCUT2D eigenvalue weighted by atomic mass is 9.94. The molecule has 2 aliphatic rings. The number of piperidine rings is 1. The molecule has 148 valence electrons. The van der Waals surface area contributed by atoms with E-state index < -0.39 is 11.8 Å². The molecule has 27 heavy (non-hydrogen) atoms. The summed E-state index contributed by atoms with van der Waals surface area (Å²) in [5.41, 5.74) is 1.76. The summed E-state index contributed by atoms with van der Waals surface area (Å²) in [7, 11) is 0. The van der Waals surface area contributed by atoms with Crippen LogP contribution in [-0.2, 0) is 6.54 Å². The number of likely N-dealkylation sites (tertiary alicyclic amines) is 2. The number of aromatic hydroxyl groups is 1. The number of halogens is 2. The van der Waals surface area contributed by atoms with Crippen molar-refractivity contribution in [2.75, 3.05) is 26.2 Å². The molecule has 1 aromatic carbocycles. The van der Waals surface area contributed by atoms with Crippen molar-refractivity contribution in [3.05, 3.63) is 41.1 Å². The first-order chi connectivity index (χ1) is 12.8. The first-order valence-electron chi connectivity index (χ1n) is 9.65. The van der Waals surface area contributed by atoms with Crippen LogP contribution in [-0.4, -0.2) is 52.8 Å². The van der Waals surface area contributed by atoms with Crippen LogP contribution in [0.2, 0.25) is 0 Å². The van der Waals surface area contributed by atoms with E-state index >= 15 is 0 Å². The van der Waals surface area contributed by atoms with Gasteiger partial charge >= 0.3 is 0 Å². The Morgan fingerprint density at radius 3 is 2.67 bits per heavy atom. The van der Waals surface area contributed by atoms with E-state index in [2.05, 4.69) is 4.90 Å². The fraction of sp³-hybridized carbons (Fsp3) is 0.571. The van der Waals surface area contributed by atoms with Crippen LogP contribution in [0.15, 0.2) is 24.4 Å². The predicted octanol–water partition coefficient (Wildman–Crippen LogP) is 3.97. The van der Waals surface area contributed by atoms with Crippen molar-refractivity contribution in [3.63, 3.8) is 0 Å². The molecule has 2 saturated heterocycles. The van der Waals surface area contributed by atoms with Crippen molar-refractivity contribution < 1.29 is 18.7 Å². The number of allylic oxidation sites excluding steroid dienone is 1. The van der Waals surface area contributed by atoms with E-state index in [0.717, 1.165) is 31.5 Å². The Balaban J connectivity index is 1.73. The maximum Gasteiger partial charge on any atom is 0.253 e. The molecule has 0 spiro atoms. The van der Waals surface area contributed by atoms with E-state index in [-0.39, 0.29) is 23.5 Å². The average molecular weight is 378 g/mol. The molecule has 2 heterocycles. The predicted molar refractivity (Wildman–Crippen MR) is 101 cm³/mol. The van der Waals surface area contributed by atoms with E-state index in [1.807, 2.05) is 11.0 Å². The molecule has 1 aromatic rings. The molecular weight excluding hydrogens is 350 g/mol. The van der Waals surface area contributed by atoms with Gasteiger partial charge in [-0.15, -0.1) is 0 Å². The van der Waals surface area contributed by atoms with E-state index in [0.29, 0.717) is 25.2 Å². The van der Waals surface area contributed by atoms with Gasteiger partial charge in [0.25, 0.3) is 5.92 Å². The number of benzene rings is 1. The molecule has 1 unspecified atom stereocenters. The molecule has 0 amide bonds. The van der Waals surface area contributed by atoms with E-state index in [4.69, 9.17) is 0 Å². The number of hydrogen-bond acceptors (Lipinski definition) is 4. The normalized spacial score (nSPS) is 23.3. The highest BCUT2D eigenvalue weighted by atomic mass is 19.3. The largest absolute Gasteiger partial charge is 0.507 e. The van der Waals surface area contributed by atoms with Crippen molar-refractivity contribution in [1.29, 1.82) is 0 Å². The minimum absolute atomic E-state index is 0.00614.